The van der Waals surface area contributed by atoms with Gasteiger partial charge in [-0.1, -0.05) is 23.8 Å². The van der Waals surface area contributed by atoms with Gasteiger partial charge in [-0.05, 0) is 63.8 Å². The van der Waals surface area contributed by atoms with E-state index in [2.05, 4.69) is 26.8 Å². The third-order valence-corrected chi connectivity index (χ3v) is 6.85. The smallest absolute Gasteiger partial charge is 0.331 e. The topological polar surface area (TPSA) is 86.6 Å². The molecular formula is C25H33NO5. The number of allylic oxidation sites excluding steroid dienone is 1. The van der Waals surface area contributed by atoms with E-state index in [-0.39, 0.29) is 41.4 Å². The van der Waals surface area contributed by atoms with Gasteiger partial charge in [0, 0.05) is 18.9 Å². The van der Waals surface area contributed by atoms with Crippen LogP contribution in [0.2, 0.25) is 0 Å². The van der Waals surface area contributed by atoms with Crippen LogP contribution in [0.5, 0.6) is 0 Å². The van der Waals surface area contributed by atoms with E-state index in [1.807, 2.05) is 12.1 Å². The van der Waals surface area contributed by atoms with Gasteiger partial charge in [0.05, 0.1) is 18.6 Å². The van der Waals surface area contributed by atoms with Crippen LogP contribution in [0.3, 0.4) is 0 Å². The number of rotatable bonds is 7. The molecule has 4 rings (SSSR count). The number of carbonyl (C=O) groups is 1. The molecule has 1 saturated carbocycles. The van der Waals surface area contributed by atoms with Crippen molar-refractivity contribution in [2.24, 2.45) is 5.92 Å². The summed E-state index contributed by atoms with van der Waals surface area (Å²) in [5.41, 5.74) is 8.00. The Morgan fingerprint density at radius 3 is 2.61 bits per heavy atom. The van der Waals surface area contributed by atoms with Gasteiger partial charge in [-0.15, -0.1) is 0 Å². The molecule has 1 spiro atoms. The first kappa shape index (κ1) is 22.1. The highest BCUT2D eigenvalue weighted by Crippen LogP contribution is 2.59. The summed E-state index contributed by atoms with van der Waals surface area (Å²) in [5, 5.41) is 0. The highest BCUT2D eigenvalue weighted by molar-refractivity contribution is 5.87. The van der Waals surface area contributed by atoms with Crippen LogP contribution in [-0.2, 0) is 23.7 Å². The molecule has 3 fully saturated rings. The van der Waals surface area contributed by atoms with E-state index in [4.69, 9.17) is 24.7 Å². The molecule has 168 valence electrons. The van der Waals surface area contributed by atoms with Crippen molar-refractivity contribution in [2.75, 3.05) is 19.5 Å². The van der Waals surface area contributed by atoms with Crippen LogP contribution in [0.15, 0.2) is 42.0 Å². The zero-order valence-electron chi connectivity index (χ0n) is 18.8. The van der Waals surface area contributed by atoms with Gasteiger partial charge in [-0.3, -0.25) is 0 Å². The molecule has 2 saturated heterocycles. The molecule has 6 atom stereocenters. The zero-order chi connectivity index (χ0) is 22.2. The number of nitrogens with two attached hydrogens (primary N) is 1. The molecule has 6 heteroatoms. The number of anilines is 1. The Morgan fingerprint density at radius 1 is 1.29 bits per heavy atom. The van der Waals surface area contributed by atoms with Crippen LogP contribution in [0.1, 0.15) is 45.6 Å². The summed E-state index contributed by atoms with van der Waals surface area (Å²) >= 11 is 0. The Morgan fingerprint density at radius 2 is 2.00 bits per heavy atom. The SMILES string of the molecule is CO[C@@H]1[C@H](OC(=O)/C=C/c2ccc(N)cc2)CC[C@]2(CO2)[C@H]1[C@@]1(C)O[C@@H]1CC=C(C)C. The molecular weight excluding hydrogens is 394 g/mol. The molecule has 6 nitrogen and oxygen atoms in total. The number of esters is 1. The van der Waals surface area contributed by atoms with Crippen molar-refractivity contribution in [3.05, 3.63) is 47.6 Å². The summed E-state index contributed by atoms with van der Waals surface area (Å²) < 4.78 is 23.9. The van der Waals surface area contributed by atoms with Crippen molar-refractivity contribution in [3.63, 3.8) is 0 Å². The summed E-state index contributed by atoms with van der Waals surface area (Å²) in [6, 6.07) is 7.32. The minimum absolute atomic E-state index is 0.0215. The predicted molar refractivity (Wildman–Crippen MR) is 119 cm³/mol. The van der Waals surface area contributed by atoms with Crippen LogP contribution in [0, 0.1) is 5.92 Å². The number of methoxy groups -OCH3 is 1. The Bertz CT molecular complexity index is 868. The third kappa shape index (κ3) is 4.56. The van der Waals surface area contributed by atoms with Crippen LogP contribution in [-0.4, -0.2) is 49.2 Å². The fourth-order valence-corrected chi connectivity index (χ4v) is 5.03. The van der Waals surface area contributed by atoms with Crippen molar-refractivity contribution in [2.45, 2.75) is 69.5 Å². The summed E-state index contributed by atoms with van der Waals surface area (Å²) in [5.74, 6) is -0.355. The van der Waals surface area contributed by atoms with E-state index in [0.717, 1.165) is 18.4 Å². The summed E-state index contributed by atoms with van der Waals surface area (Å²) in [7, 11) is 1.68. The number of hydrogen-bond acceptors (Lipinski definition) is 6. The molecule has 0 amide bonds. The fraction of sp³-hybridized carbons (Fsp3) is 0.560. The van der Waals surface area contributed by atoms with Gasteiger partial charge in [0.15, 0.2) is 0 Å². The number of benzene rings is 1. The van der Waals surface area contributed by atoms with Gasteiger partial charge >= 0.3 is 5.97 Å². The van der Waals surface area contributed by atoms with Gasteiger partial charge in [0.2, 0.25) is 0 Å². The van der Waals surface area contributed by atoms with Crippen molar-refractivity contribution >= 4 is 17.7 Å². The lowest BCUT2D eigenvalue weighted by Crippen LogP contribution is -2.55. The van der Waals surface area contributed by atoms with Gasteiger partial charge in [-0.25, -0.2) is 4.79 Å². The van der Waals surface area contributed by atoms with Gasteiger partial charge < -0.3 is 24.7 Å². The molecule has 1 aliphatic carbocycles. The number of nitrogen functional groups attached to an aromatic ring is 1. The van der Waals surface area contributed by atoms with Crippen LogP contribution in [0.4, 0.5) is 5.69 Å². The quantitative estimate of drug-likeness (QED) is 0.233. The van der Waals surface area contributed by atoms with Crippen LogP contribution < -0.4 is 5.73 Å². The lowest BCUT2D eigenvalue weighted by molar-refractivity contribution is -0.166. The number of epoxide rings is 2. The first-order chi connectivity index (χ1) is 14.8. The molecule has 0 bridgehead atoms. The molecule has 31 heavy (non-hydrogen) atoms. The Labute approximate surface area is 184 Å². The van der Waals surface area contributed by atoms with Crippen molar-refractivity contribution < 1.29 is 23.7 Å². The molecule has 1 aromatic carbocycles. The standard InChI is InChI=1S/C25H33NO5/c1-16(2)5-11-20-24(3,31-20)23-22(28-4)19(13-14-25(23)15-29-25)30-21(27)12-8-17-6-9-18(26)10-7-17/h5-10,12,19-20,22-23H,11,13-15,26H2,1-4H3/b12-8+/t19-,20-,22-,23-,24+,25+/m1/s1. The Hall–Kier alpha value is -2.15. The number of ether oxygens (including phenoxy) is 4. The fourth-order valence-electron chi connectivity index (χ4n) is 5.03. The van der Waals surface area contributed by atoms with E-state index in [0.29, 0.717) is 18.7 Å². The summed E-state index contributed by atoms with van der Waals surface area (Å²) in [6.45, 7) is 7.04. The monoisotopic (exact) mass is 427 g/mol. The maximum Gasteiger partial charge on any atom is 0.331 e. The van der Waals surface area contributed by atoms with Crippen LogP contribution >= 0.6 is 0 Å². The van der Waals surface area contributed by atoms with E-state index >= 15 is 0 Å². The molecule has 3 aliphatic rings. The maximum absolute atomic E-state index is 12.5. The molecule has 1 aromatic rings. The van der Waals surface area contributed by atoms with Gasteiger partial charge in [0.25, 0.3) is 0 Å². The van der Waals surface area contributed by atoms with Crippen LogP contribution in [0.25, 0.3) is 6.08 Å². The highest BCUT2D eigenvalue weighted by Gasteiger charge is 2.72. The summed E-state index contributed by atoms with van der Waals surface area (Å²) in [6.07, 6.45) is 7.35. The minimum atomic E-state index is -0.377. The molecule has 0 radical (unpaired) electrons. The first-order valence-corrected chi connectivity index (χ1v) is 11.0. The molecule has 0 aromatic heterocycles. The Kier molecular flexibility index (Phi) is 5.99. The van der Waals surface area contributed by atoms with Gasteiger partial charge in [-0.2, -0.15) is 0 Å². The number of carbonyl (C=O) groups excluding carboxylic acids is 1. The zero-order valence-corrected chi connectivity index (χ0v) is 18.8. The van der Waals surface area contributed by atoms with E-state index in [1.165, 1.54) is 11.6 Å². The number of hydrogen-bond donors (Lipinski definition) is 1. The molecule has 2 aliphatic heterocycles. The largest absolute Gasteiger partial charge is 0.456 e. The molecule has 2 N–H and O–H groups in total. The predicted octanol–water partition coefficient (Wildman–Crippen LogP) is 3.90. The second kappa shape index (κ2) is 8.41. The average Bonchev–Trinajstić information content (AvgIpc) is 3.65. The summed E-state index contributed by atoms with van der Waals surface area (Å²) in [4.78, 5) is 12.5. The normalized spacial score (nSPS) is 36.4. The highest BCUT2D eigenvalue weighted by atomic mass is 16.6. The lowest BCUT2D eigenvalue weighted by Gasteiger charge is -2.42. The second-order valence-electron chi connectivity index (χ2n) is 9.35. The molecule has 0 unspecified atom stereocenters. The Balaban J connectivity index is 1.45. The second-order valence-corrected chi connectivity index (χ2v) is 9.35. The van der Waals surface area contributed by atoms with Crippen molar-refractivity contribution in [3.8, 4) is 0 Å². The lowest BCUT2D eigenvalue weighted by atomic mass is 9.68. The minimum Gasteiger partial charge on any atom is -0.456 e. The first-order valence-electron chi connectivity index (χ1n) is 11.0. The van der Waals surface area contributed by atoms with Gasteiger partial charge in [0.1, 0.15) is 23.4 Å². The van der Waals surface area contributed by atoms with E-state index in [9.17, 15) is 4.79 Å². The third-order valence-electron chi connectivity index (χ3n) is 6.85. The molecule has 2 heterocycles. The van der Waals surface area contributed by atoms with E-state index < -0.39 is 0 Å². The van der Waals surface area contributed by atoms with Crippen molar-refractivity contribution in [1.29, 1.82) is 0 Å². The van der Waals surface area contributed by atoms with E-state index in [1.54, 1.807) is 25.3 Å². The van der Waals surface area contributed by atoms with Crippen molar-refractivity contribution in [1.82, 2.24) is 0 Å². The average molecular weight is 428 g/mol. The maximum atomic E-state index is 12.5.